The summed E-state index contributed by atoms with van der Waals surface area (Å²) in [5.74, 6) is 0.438. The SMILES string of the molecule is CCCCN(C)S(=O)(=O)c1cnc(NCC)nc1. The van der Waals surface area contributed by atoms with Crippen LogP contribution in [0.2, 0.25) is 0 Å². The van der Waals surface area contributed by atoms with E-state index < -0.39 is 10.0 Å². The lowest BCUT2D eigenvalue weighted by Gasteiger charge is -2.16. The summed E-state index contributed by atoms with van der Waals surface area (Å²) in [6, 6.07) is 0. The number of nitrogens with zero attached hydrogens (tertiary/aromatic N) is 3. The number of anilines is 1. The molecular formula is C11H20N4O2S. The van der Waals surface area contributed by atoms with Crippen molar-refractivity contribution in [2.45, 2.75) is 31.6 Å². The average Bonchev–Trinajstić information content (AvgIpc) is 2.37. The molecule has 102 valence electrons. The van der Waals surface area contributed by atoms with Crippen LogP contribution in [0, 0.1) is 0 Å². The molecule has 1 heterocycles. The maximum Gasteiger partial charge on any atom is 0.245 e. The smallest absolute Gasteiger partial charge is 0.245 e. The van der Waals surface area contributed by atoms with Crippen molar-refractivity contribution in [1.29, 1.82) is 0 Å². The molecule has 0 saturated heterocycles. The highest BCUT2D eigenvalue weighted by molar-refractivity contribution is 7.89. The van der Waals surface area contributed by atoms with Crippen LogP contribution in [0.25, 0.3) is 0 Å². The van der Waals surface area contributed by atoms with Crippen molar-refractivity contribution < 1.29 is 8.42 Å². The summed E-state index contributed by atoms with van der Waals surface area (Å²) >= 11 is 0. The topological polar surface area (TPSA) is 75.2 Å². The fraction of sp³-hybridized carbons (Fsp3) is 0.636. The number of unbranched alkanes of at least 4 members (excludes halogenated alkanes) is 1. The Labute approximate surface area is 108 Å². The van der Waals surface area contributed by atoms with Crippen LogP contribution in [0.1, 0.15) is 26.7 Å². The summed E-state index contributed by atoms with van der Waals surface area (Å²) in [7, 11) is -1.89. The van der Waals surface area contributed by atoms with Gasteiger partial charge in [0.2, 0.25) is 16.0 Å². The molecule has 0 aliphatic heterocycles. The number of hydrogen-bond acceptors (Lipinski definition) is 5. The van der Waals surface area contributed by atoms with Gasteiger partial charge in [-0.05, 0) is 13.3 Å². The minimum absolute atomic E-state index is 0.128. The standard InChI is InChI=1S/C11H20N4O2S/c1-4-6-7-15(3)18(16,17)10-8-13-11(12-5-2)14-9-10/h8-9H,4-7H2,1-3H3,(H,12,13,14). The molecule has 0 bridgehead atoms. The molecule has 0 aromatic carbocycles. The molecule has 1 aromatic rings. The zero-order chi connectivity index (χ0) is 13.6. The molecule has 0 radical (unpaired) electrons. The van der Waals surface area contributed by atoms with E-state index in [1.54, 1.807) is 7.05 Å². The van der Waals surface area contributed by atoms with Crippen LogP contribution in [0.4, 0.5) is 5.95 Å². The van der Waals surface area contributed by atoms with Crippen LogP contribution < -0.4 is 5.32 Å². The first-order chi connectivity index (χ1) is 8.52. The van der Waals surface area contributed by atoms with Crippen LogP contribution in [-0.2, 0) is 10.0 Å². The van der Waals surface area contributed by atoms with Gasteiger partial charge in [0, 0.05) is 20.1 Å². The largest absolute Gasteiger partial charge is 0.355 e. The maximum absolute atomic E-state index is 12.1. The molecule has 18 heavy (non-hydrogen) atoms. The van der Waals surface area contributed by atoms with E-state index in [-0.39, 0.29) is 4.90 Å². The van der Waals surface area contributed by atoms with Crippen LogP contribution in [0.15, 0.2) is 17.3 Å². The summed E-state index contributed by atoms with van der Waals surface area (Å²) in [6.45, 7) is 5.15. The first-order valence-electron chi connectivity index (χ1n) is 6.04. The lowest BCUT2D eigenvalue weighted by atomic mass is 10.3. The first-order valence-corrected chi connectivity index (χ1v) is 7.48. The Morgan fingerprint density at radius 1 is 1.28 bits per heavy atom. The summed E-state index contributed by atoms with van der Waals surface area (Å²) in [5.41, 5.74) is 0. The zero-order valence-corrected chi connectivity index (χ0v) is 11.9. The van der Waals surface area contributed by atoms with Gasteiger partial charge in [-0.15, -0.1) is 0 Å². The minimum atomic E-state index is -3.46. The molecule has 0 unspecified atom stereocenters. The molecule has 0 fully saturated rings. The van der Waals surface area contributed by atoms with Crippen molar-refractivity contribution in [2.75, 3.05) is 25.5 Å². The van der Waals surface area contributed by atoms with E-state index in [0.717, 1.165) is 12.8 Å². The van der Waals surface area contributed by atoms with Crippen molar-refractivity contribution in [3.05, 3.63) is 12.4 Å². The van der Waals surface area contributed by atoms with Crippen molar-refractivity contribution in [3.8, 4) is 0 Å². The fourth-order valence-electron chi connectivity index (χ4n) is 1.38. The monoisotopic (exact) mass is 272 g/mol. The highest BCUT2D eigenvalue weighted by Crippen LogP contribution is 2.13. The van der Waals surface area contributed by atoms with Crippen molar-refractivity contribution >= 4 is 16.0 Å². The fourth-order valence-corrected chi connectivity index (χ4v) is 2.48. The normalized spacial score (nSPS) is 11.8. The average molecular weight is 272 g/mol. The molecular weight excluding hydrogens is 252 g/mol. The van der Waals surface area contributed by atoms with Crippen LogP contribution >= 0.6 is 0 Å². The minimum Gasteiger partial charge on any atom is -0.355 e. The Bertz CT molecular complexity index is 458. The highest BCUT2D eigenvalue weighted by Gasteiger charge is 2.20. The van der Waals surface area contributed by atoms with E-state index in [0.29, 0.717) is 19.0 Å². The summed E-state index contributed by atoms with van der Waals surface area (Å²) in [4.78, 5) is 8.07. The maximum atomic E-state index is 12.1. The van der Waals surface area contributed by atoms with Gasteiger partial charge in [-0.2, -0.15) is 0 Å². The van der Waals surface area contributed by atoms with Gasteiger partial charge >= 0.3 is 0 Å². The molecule has 6 nitrogen and oxygen atoms in total. The molecule has 1 rings (SSSR count). The van der Waals surface area contributed by atoms with Gasteiger partial charge < -0.3 is 5.32 Å². The third-order valence-corrected chi connectivity index (χ3v) is 4.31. The molecule has 0 spiro atoms. The number of sulfonamides is 1. The van der Waals surface area contributed by atoms with E-state index in [1.807, 2.05) is 13.8 Å². The molecule has 0 aliphatic rings. The van der Waals surface area contributed by atoms with E-state index in [1.165, 1.54) is 16.7 Å². The Morgan fingerprint density at radius 2 is 1.89 bits per heavy atom. The van der Waals surface area contributed by atoms with E-state index in [9.17, 15) is 8.42 Å². The van der Waals surface area contributed by atoms with Gasteiger partial charge in [0.1, 0.15) is 4.90 Å². The van der Waals surface area contributed by atoms with Gasteiger partial charge in [-0.1, -0.05) is 13.3 Å². The first kappa shape index (κ1) is 14.8. The Balaban J connectivity index is 2.84. The predicted molar refractivity (Wildman–Crippen MR) is 70.9 cm³/mol. The van der Waals surface area contributed by atoms with Crippen LogP contribution in [0.3, 0.4) is 0 Å². The second kappa shape index (κ2) is 6.65. The van der Waals surface area contributed by atoms with Crippen LogP contribution in [-0.4, -0.2) is 42.8 Å². The number of hydrogen-bond donors (Lipinski definition) is 1. The Morgan fingerprint density at radius 3 is 2.39 bits per heavy atom. The molecule has 1 aromatic heterocycles. The van der Waals surface area contributed by atoms with Gasteiger partial charge in [0.05, 0.1) is 12.4 Å². The molecule has 7 heteroatoms. The van der Waals surface area contributed by atoms with E-state index in [4.69, 9.17) is 0 Å². The number of rotatable bonds is 7. The van der Waals surface area contributed by atoms with Crippen molar-refractivity contribution in [2.24, 2.45) is 0 Å². The van der Waals surface area contributed by atoms with Crippen LogP contribution in [0.5, 0.6) is 0 Å². The van der Waals surface area contributed by atoms with Crippen molar-refractivity contribution in [3.63, 3.8) is 0 Å². The molecule has 0 aliphatic carbocycles. The quantitative estimate of drug-likeness (QED) is 0.810. The summed E-state index contributed by atoms with van der Waals surface area (Å²) in [6.07, 6.45) is 4.47. The molecule has 0 atom stereocenters. The molecule has 1 N–H and O–H groups in total. The summed E-state index contributed by atoms with van der Waals surface area (Å²) in [5, 5.41) is 2.92. The van der Waals surface area contributed by atoms with E-state index >= 15 is 0 Å². The van der Waals surface area contributed by atoms with Crippen molar-refractivity contribution in [1.82, 2.24) is 14.3 Å². The van der Waals surface area contributed by atoms with Gasteiger partial charge in [0.15, 0.2) is 0 Å². The van der Waals surface area contributed by atoms with Gasteiger partial charge in [-0.3, -0.25) is 0 Å². The Kier molecular flexibility index (Phi) is 5.49. The Hall–Kier alpha value is -1.21. The number of nitrogens with one attached hydrogen (secondary N) is 1. The lowest BCUT2D eigenvalue weighted by molar-refractivity contribution is 0.459. The second-order valence-corrected chi connectivity index (χ2v) is 6.00. The van der Waals surface area contributed by atoms with Gasteiger partial charge in [-0.25, -0.2) is 22.7 Å². The number of aromatic nitrogens is 2. The highest BCUT2D eigenvalue weighted by atomic mass is 32.2. The lowest BCUT2D eigenvalue weighted by Crippen LogP contribution is -2.28. The third kappa shape index (κ3) is 3.64. The summed E-state index contributed by atoms with van der Waals surface area (Å²) < 4.78 is 25.6. The second-order valence-electron chi connectivity index (χ2n) is 3.95. The third-order valence-electron chi connectivity index (χ3n) is 2.50. The van der Waals surface area contributed by atoms with Gasteiger partial charge in [0.25, 0.3) is 0 Å². The van der Waals surface area contributed by atoms with E-state index in [2.05, 4.69) is 15.3 Å². The zero-order valence-electron chi connectivity index (χ0n) is 11.0. The molecule has 0 amide bonds. The molecule has 0 saturated carbocycles. The predicted octanol–water partition coefficient (Wildman–Crippen LogP) is 1.33.